The van der Waals surface area contributed by atoms with Crippen molar-refractivity contribution >= 4 is 0 Å². The zero-order valence-corrected chi connectivity index (χ0v) is 10.9. The molecule has 0 aromatic carbocycles. The minimum absolute atomic E-state index is 0.0147. The molecule has 0 aliphatic heterocycles. The molecule has 1 atom stereocenters. The summed E-state index contributed by atoms with van der Waals surface area (Å²) in [7, 11) is 0. The largest absolute Gasteiger partial charge is 0.472 e. The Balaban J connectivity index is 2.67. The highest BCUT2D eigenvalue weighted by Gasteiger charge is 2.31. The first kappa shape index (κ1) is 13.3. The van der Waals surface area contributed by atoms with Gasteiger partial charge in [0.1, 0.15) is 0 Å². The van der Waals surface area contributed by atoms with Crippen LogP contribution < -0.4 is 5.73 Å². The number of hydrogen-bond donors (Lipinski definition) is 1. The molecule has 0 spiro atoms. The summed E-state index contributed by atoms with van der Waals surface area (Å²) in [5, 5.41) is 0. The minimum atomic E-state index is 0.0147. The van der Waals surface area contributed by atoms with Gasteiger partial charge in [0.25, 0.3) is 0 Å². The first-order chi connectivity index (χ1) is 7.52. The Hall–Kier alpha value is -0.800. The van der Waals surface area contributed by atoms with E-state index in [0.717, 1.165) is 19.5 Å². The predicted octanol–water partition coefficient (Wildman–Crippen LogP) is 2.27. The fourth-order valence-electron chi connectivity index (χ4n) is 2.19. The van der Waals surface area contributed by atoms with E-state index in [4.69, 9.17) is 10.2 Å². The maximum atomic E-state index is 6.31. The van der Waals surface area contributed by atoms with E-state index in [-0.39, 0.29) is 11.6 Å². The Bertz CT molecular complexity index is 289. The zero-order chi connectivity index (χ0) is 12.2. The Kier molecular flexibility index (Phi) is 4.56. The van der Waals surface area contributed by atoms with Crippen LogP contribution in [0.25, 0.3) is 0 Å². The first-order valence-electron chi connectivity index (χ1n) is 6.04. The molecule has 1 aromatic rings. The lowest BCUT2D eigenvalue weighted by atomic mass is 9.89. The third kappa shape index (κ3) is 2.86. The van der Waals surface area contributed by atoms with Crippen molar-refractivity contribution in [2.75, 3.05) is 13.1 Å². The number of hydrogen-bond acceptors (Lipinski definition) is 3. The van der Waals surface area contributed by atoms with Gasteiger partial charge in [-0.2, -0.15) is 0 Å². The zero-order valence-electron chi connectivity index (χ0n) is 10.9. The van der Waals surface area contributed by atoms with Crippen LogP contribution in [0.4, 0.5) is 0 Å². The van der Waals surface area contributed by atoms with Crippen LogP contribution in [0.2, 0.25) is 0 Å². The molecule has 1 unspecified atom stereocenters. The second kappa shape index (κ2) is 5.51. The summed E-state index contributed by atoms with van der Waals surface area (Å²) in [5.41, 5.74) is 7.50. The molecule has 0 aliphatic carbocycles. The fraction of sp³-hybridized carbons (Fsp3) is 0.692. The molecular formula is C13H24N2O. The van der Waals surface area contributed by atoms with Crippen LogP contribution in [-0.2, 0) is 6.42 Å². The summed E-state index contributed by atoms with van der Waals surface area (Å²) in [5.74, 6) is 0. The molecule has 3 nitrogen and oxygen atoms in total. The lowest BCUT2D eigenvalue weighted by molar-refractivity contribution is 0.106. The third-order valence-electron chi connectivity index (χ3n) is 3.52. The summed E-state index contributed by atoms with van der Waals surface area (Å²) >= 11 is 0. The number of nitrogens with two attached hydrogens (primary N) is 1. The summed E-state index contributed by atoms with van der Waals surface area (Å²) < 4.78 is 5.07. The van der Waals surface area contributed by atoms with Gasteiger partial charge in [-0.3, -0.25) is 4.90 Å². The van der Waals surface area contributed by atoms with Crippen molar-refractivity contribution in [3.8, 4) is 0 Å². The Morgan fingerprint density at radius 1 is 1.38 bits per heavy atom. The lowest BCUT2D eigenvalue weighted by Gasteiger charge is -2.41. The van der Waals surface area contributed by atoms with Crippen molar-refractivity contribution in [1.82, 2.24) is 4.90 Å². The highest BCUT2D eigenvalue weighted by atomic mass is 16.3. The van der Waals surface area contributed by atoms with E-state index in [1.54, 1.807) is 12.5 Å². The topological polar surface area (TPSA) is 42.4 Å². The molecule has 0 amide bonds. The molecule has 16 heavy (non-hydrogen) atoms. The van der Waals surface area contributed by atoms with Gasteiger partial charge in [-0.1, -0.05) is 13.8 Å². The van der Waals surface area contributed by atoms with E-state index >= 15 is 0 Å². The quantitative estimate of drug-likeness (QED) is 0.806. The molecule has 1 aromatic heterocycles. The monoisotopic (exact) mass is 224 g/mol. The van der Waals surface area contributed by atoms with Gasteiger partial charge in [0.2, 0.25) is 0 Å². The van der Waals surface area contributed by atoms with E-state index in [0.29, 0.717) is 0 Å². The Morgan fingerprint density at radius 3 is 2.44 bits per heavy atom. The maximum absolute atomic E-state index is 6.31. The fourth-order valence-corrected chi connectivity index (χ4v) is 2.19. The maximum Gasteiger partial charge on any atom is 0.0935 e. The molecule has 3 heteroatoms. The van der Waals surface area contributed by atoms with Gasteiger partial charge in [-0.15, -0.1) is 0 Å². The van der Waals surface area contributed by atoms with E-state index in [1.165, 1.54) is 5.56 Å². The van der Waals surface area contributed by atoms with Crippen molar-refractivity contribution in [3.05, 3.63) is 24.2 Å². The first-order valence-corrected chi connectivity index (χ1v) is 6.04. The molecule has 0 saturated heterocycles. The number of furan rings is 1. The van der Waals surface area contributed by atoms with E-state index < -0.39 is 0 Å². The average molecular weight is 224 g/mol. The summed E-state index contributed by atoms with van der Waals surface area (Å²) in [6.07, 6.45) is 4.34. The van der Waals surface area contributed by atoms with Crippen LogP contribution in [0.1, 0.15) is 33.3 Å². The molecular weight excluding hydrogens is 200 g/mol. The van der Waals surface area contributed by atoms with Crippen LogP contribution in [0.15, 0.2) is 23.0 Å². The standard InChI is InChI=1S/C13H24N2O/c1-5-15(6-2)13(3,4)12(14)9-11-7-8-16-10-11/h7-8,10,12H,5-6,9,14H2,1-4H3. The number of nitrogens with zero attached hydrogens (tertiary/aromatic N) is 1. The minimum Gasteiger partial charge on any atom is -0.472 e. The smallest absolute Gasteiger partial charge is 0.0935 e. The van der Waals surface area contributed by atoms with Gasteiger partial charge in [-0.25, -0.2) is 0 Å². The van der Waals surface area contributed by atoms with Crippen LogP contribution >= 0.6 is 0 Å². The predicted molar refractivity (Wildman–Crippen MR) is 67.4 cm³/mol. The van der Waals surface area contributed by atoms with Gasteiger partial charge in [0, 0.05) is 11.6 Å². The van der Waals surface area contributed by atoms with Crippen LogP contribution in [0, 0.1) is 0 Å². The van der Waals surface area contributed by atoms with Gasteiger partial charge in [-0.05, 0) is 45.0 Å². The highest BCUT2D eigenvalue weighted by Crippen LogP contribution is 2.20. The molecule has 0 saturated carbocycles. The van der Waals surface area contributed by atoms with Crippen molar-refractivity contribution in [1.29, 1.82) is 0 Å². The highest BCUT2D eigenvalue weighted by molar-refractivity contribution is 5.10. The molecule has 2 N–H and O–H groups in total. The van der Waals surface area contributed by atoms with Crippen LogP contribution in [0.5, 0.6) is 0 Å². The van der Waals surface area contributed by atoms with E-state index in [2.05, 4.69) is 32.6 Å². The molecule has 0 radical (unpaired) electrons. The van der Waals surface area contributed by atoms with Crippen molar-refractivity contribution in [3.63, 3.8) is 0 Å². The van der Waals surface area contributed by atoms with Gasteiger partial charge in [0.15, 0.2) is 0 Å². The summed E-state index contributed by atoms with van der Waals surface area (Å²) in [6.45, 7) is 10.8. The Labute approximate surface area is 98.6 Å². The van der Waals surface area contributed by atoms with E-state index in [9.17, 15) is 0 Å². The number of likely N-dealkylation sites (N-methyl/N-ethyl adjacent to an activating group) is 1. The molecule has 0 aliphatic rings. The summed E-state index contributed by atoms with van der Waals surface area (Å²) in [6, 6.07) is 2.10. The third-order valence-corrected chi connectivity index (χ3v) is 3.52. The second-order valence-electron chi connectivity index (χ2n) is 4.77. The lowest BCUT2D eigenvalue weighted by Crippen LogP contribution is -2.56. The summed E-state index contributed by atoms with van der Waals surface area (Å²) in [4.78, 5) is 2.40. The molecule has 1 heterocycles. The molecule has 92 valence electrons. The molecule has 0 fully saturated rings. The SMILES string of the molecule is CCN(CC)C(C)(C)C(N)Cc1ccoc1. The molecule has 0 bridgehead atoms. The normalized spacial score (nSPS) is 14.4. The average Bonchev–Trinajstić information content (AvgIpc) is 2.71. The van der Waals surface area contributed by atoms with Gasteiger partial charge >= 0.3 is 0 Å². The van der Waals surface area contributed by atoms with Crippen molar-refractivity contribution < 1.29 is 4.42 Å². The van der Waals surface area contributed by atoms with E-state index in [1.807, 2.05) is 6.07 Å². The van der Waals surface area contributed by atoms with Crippen molar-refractivity contribution in [2.45, 2.75) is 45.7 Å². The van der Waals surface area contributed by atoms with Gasteiger partial charge in [0.05, 0.1) is 12.5 Å². The van der Waals surface area contributed by atoms with Crippen molar-refractivity contribution in [2.24, 2.45) is 5.73 Å². The number of rotatable bonds is 6. The second-order valence-corrected chi connectivity index (χ2v) is 4.77. The Morgan fingerprint density at radius 2 is 2.00 bits per heavy atom. The van der Waals surface area contributed by atoms with Gasteiger partial charge < -0.3 is 10.2 Å². The molecule has 1 rings (SSSR count). The van der Waals surface area contributed by atoms with Crippen LogP contribution in [-0.4, -0.2) is 29.6 Å². The van der Waals surface area contributed by atoms with Crippen LogP contribution in [0.3, 0.4) is 0 Å².